The molecule has 1 unspecified atom stereocenters. The molecule has 0 aromatic heterocycles. The Balaban J connectivity index is 2.16. The largest absolute Gasteiger partial charge is 0.338 e. The van der Waals surface area contributed by atoms with E-state index in [1.54, 1.807) is 24.3 Å². The van der Waals surface area contributed by atoms with Gasteiger partial charge in [0.25, 0.3) is 7.37 Å². The van der Waals surface area contributed by atoms with Crippen molar-refractivity contribution in [3.8, 4) is 0 Å². The highest BCUT2D eigenvalue weighted by molar-refractivity contribution is 7.73. The molecule has 2 aromatic carbocycles. The Kier molecular flexibility index (Phi) is 6.90. The maximum absolute atomic E-state index is 12.9. The van der Waals surface area contributed by atoms with Crippen LogP contribution in [0.25, 0.3) is 0 Å². The third-order valence-electron chi connectivity index (χ3n) is 4.17. The van der Waals surface area contributed by atoms with E-state index in [2.05, 4.69) is 0 Å². The topological polar surface area (TPSA) is 141 Å². The molecule has 0 aliphatic carbocycles. The Morgan fingerprint density at radius 2 is 1.08 bits per heavy atom. The molecular weight excluding hydrogens is 335 g/mol. The smallest absolute Gasteiger partial charge is 0.258 e. The zero-order chi connectivity index (χ0) is 18.4. The summed E-state index contributed by atoms with van der Waals surface area (Å²) < 4.78 is 12.9. The molecule has 0 fully saturated rings. The van der Waals surface area contributed by atoms with Gasteiger partial charge in [0.2, 0.25) is 0 Å². The van der Waals surface area contributed by atoms with Gasteiger partial charge in [-0.25, -0.2) is 0 Å². The van der Waals surface area contributed by atoms with Crippen LogP contribution in [-0.2, 0) is 17.4 Å². The van der Waals surface area contributed by atoms with Gasteiger partial charge >= 0.3 is 0 Å². The van der Waals surface area contributed by atoms with Gasteiger partial charge < -0.3 is 27.8 Å². The maximum Gasteiger partial charge on any atom is 0.258 e. The first-order valence-corrected chi connectivity index (χ1v) is 9.96. The highest BCUT2D eigenvalue weighted by atomic mass is 31.2. The minimum Gasteiger partial charge on any atom is -0.338 e. The van der Waals surface area contributed by atoms with E-state index in [0.717, 1.165) is 11.1 Å². The molecule has 0 aliphatic heterocycles. The number of hydrogen-bond donors (Lipinski definition) is 5. The molecule has 6 nitrogen and oxygen atoms in total. The van der Waals surface area contributed by atoms with Crippen molar-refractivity contribution in [3.05, 3.63) is 59.7 Å². The molecular formula is C18H27N4O2P. The minimum absolute atomic E-state index is 0.112. The Morgan fingerprint density at radius 1 is 0.760 bits per heavy atom. The van der Waals surface area contributed by atoms with Crippen molar-refractivity contribution in [3.63, 3.8) is 0 Å². The Labute approximate surface area is 148 Å². The van der Waals surface area contributed by atoms with E-state index >= 15 is 0 Å². The minimum atomic E-state index is -3.63. The summed E-state index contributed by atoms with van der Waals surface area (Å²) in [5, 5.41) is 0.785. The standard InChI is InChI=1S/C18H27N4O2P/c19-11-15(21)9-13-1-5-17(6-2-13)25(23,24)18-7-3-14(4-8-18)10-16(22)12-20/h1-8,15-16H,9-12,19-22H2,(H,23,24)/t15-,16+. The number of nitrogens with two attached hydrogens (primary N) is 4. The van der Waals surface area contributed by atoms with Gasteiger partial charge in [-0.15, -0.1) is 0 Å². The first kappa shape index (κ1) is 19.8. The summed E-state index contributed by atoms with van der Waals surface area (Å²) in [4.78, 5) is 10.6. The van der Waals surface area contributed by atoms with Crippen LogP contribution in [0.4, 0.5) is 0 Å². The van der Waals surface area contributed by atoms with E-state index in [4.69, 9.17) is 22.9 Å². The molecule has 0 saturated heterocycles. The molecule has 9 N–H and O–H groups in total. The fourth-order valence-electron chi connectivity index (χ4n) is 2.59. The van der Waals surface area contributed by atoms with Crippen LogP contribution in [0.2, 0.25) is 0 Å². The number of benzene rings is 2. The molecule has 0 spiro atoms. The van der Waals surface area contributed by atoms with Crippen molar-refractivity contribution >= 4 is 18.0 Å². The lowest BCUT2D eigenvalue weighted by molar-refractivity contribution is 0.501. The predicted octanol–water partition coefficient (Wildman–Crippen LogP) is -0.435. The van der Waals surface area contributed by atoms with Gasteiger partial charge in [-0.05, 0) is 48.2 Å². The van der Waals surface area contributed by atoms with Crippen LogP contribution < -0.4 is 33.5 Å². The zero-order valence-electron chi connectivity index (χ0n) is 14.2. The highest BCUT2D eigenvalue weighted by Gasteiger charge is 2.24. The van der Waals surface area contributed by atoms with Crippen molar-refractivity contribution in [2.45, 2.75) is 24.9 Å². The highest BCUT2D eigenvalue weighted by Crippen LogP contribution is 2.38. The van der Waals surface area contributed by atoms with E-state index in [1.807, 2.05) is 24.3 Å². The Hall–Kier alpha value is -1.53. The molecule has 3 atom stereocenters. The first-order chi connectivity index (χ1) is 11.9. The number of rotatable bonds is 8. The zero-order valence-corrected chi connectivity index (χ0v) is 15.1. The molecule has 0 radical (unpaired) electrons. The summed E-state index contributed by atoms with van der Waals surface area (Å²) in [6.45, 7) is 0.806. The van der Waals surface area contributed by atoms with Crippen molar-refractivity contribution in [2.75, 3.05) is 13.1 Å². The fraction of sp³-hybridized carbons (Fsp3) is 0.333. The molecule has 7 heteroatoms. The van der Waals surface area contributed by atoms with Crippen LogP contribution in [0.5, 0.6) is 0 Å². The van der Waals surface area contributed by atoms with Gasteiger partial charge in [-0.3, -0.25) is 4.57 Å². The quantitative estimate of drug-likeness (QED) is 0.403. The van der Waals surface area contributed by atoms with E-state index in [1.165, 1.54) is 0 Å². The van der Waals surface area contributed by atoms with E-state index < -0.39 is 7.37 Å². The van der Waals surface area contributed by atoms with Crippen LogP contribution in [0, 0.1) is 0 Å². The summed E-state index contributed by atoms with van der Waals surface area (Å²) in [5.74, 6) is 0. The van der Waals surface area contributed by atoms with E-state index in [-0.39, 0.29) is 12.1 Å². The molecule has 0 aliphatic rings. The monoisotopic (exact) mass is 362 g/mol. The molecule has 2 rings (SSSR count). The fourth-order valence-corrected chi connectivity index (χ4v) is 3.99. The SMILES string of the molecule is NC[C@@H](N)Cc1ccc(P(=O)(O)c2ccc(C[C@@H](N)CN)cc2)cc1. The summed E-state index contributed by atoms with van der Waals surface area (Å²) >= 11 is 0. The van der Waals surface area contributed by atoms with E-state index in [0.29, 0.717) is 36.5 Å². The lowest BCUT2D eigenvalue weighted by atomic mass is 10.1. The van der Waals surface area contributed by atoms with Gasteiger partial charge in [-0.2, -0.15) is 0 Å². The van der Waals surface area contributed by atoms with Gasteiger partial charge in [0.15, 0.2) is 0 Å². The molecule has 2 aromatic rings. The van der Waals surface area contributed by atoms with Crippen LogP contribution >= 0.6 is 7.37 Å². The van der Waals surface area contributed by atoms with Crippen molar-refractivity contribution in [2.24, 2.45) is 22.9 Å². The van der Waals surface area contributed by atoms with Crippen molar-refractivity contribution in [1.29, 1.82) is 0 Å². The normalized spacial score (nSPS) is 16.2. The lowest BCUT2D eigenvalue weighted by Gasteiger charge is -2.15. The van der Waals surface area contributed by atoms with Gasteiger partial charge in [-0.1, -0.05) is 24.3 Å². The first-order valence-electron chi connectivity index (χ1n) is 8.30. The summed E-state index contributed by atoms with van der Waals surface area (Å²) in [6, 6.07) is 13.8. The van der Waals surface area contributed by atoms with E-state index in [9.17, 15) is 9.46 Å². The Morgan fingerprint density at radius 3 is 1.36 bits per heavy atom. The van der Waals surface area contributed by atoms with Crippen LogP contribution in [0.15, 0.2) is 48.5 Å². The molecule has 0 amide bonds. The summed E-state index contributed by atoms with van der Waals surface area (Å²) in [7, 11) is -3.63. The third kappa shape index (κ3) is 5.22. The summed E-state index contributed by atoms with van der Waals surface area (Å²) in [5.41, 5.74) is 24.7. The van der Waals surface area contributed by atoms with Crippen LogP contribution in [0.3, 0.4) is 0 Å². The Bertz CT molecular complexity index is 659. The van der Waals surface area contributed by atoms with Crippen LogP contribution in [-0.4, -0.2) is 30.1 Å². The second kappa shape index (κ2) is 8.72. The average Bonchev–Trinajstić information content (AvgIpc) is 2.62. The van der Waals surface area contributed by atoms with Gasteiger partial charge in [0, 0.05) is 35.8 Å². The van der Waals surface area contributed by atoms with Gasteiger partial charge in [0.05, 0.1) is 0 Å². The predicted molar refractivity (Wildman–Crippen MR) is 103 cm³/mol. The molecule has 0 heterocycles. The average molecular weight is 362 g/mol. The molecule has 0 saturated carbocycles. The molecule has 25 heavy (non-hydrogen) atoms. The second-order valence-corrected chi connectivity index (χ2v) is 8.49. The summed E-state index contributed by atoms with van der Waals surface area (Å²) in [6.07, 6.45) is 1.28. The molecule has 136 valence electrons. The van der Waals surface area contributed by atoms with Gasteiger partial charge in [0.1, 0.15) is 0 Å². The lowest BCUT2D eigenvalue weighted by Crippen LogP contribution is -2.31. The maximum atomic E-state index is 12.9. The number of hydrogen-bond acceptors (Lipinski definition) is 5. The van der Waals surface area contributed by atoms with Crippen molar-refractivity contribution in [1.82, 2.24) is 0 Å². The third-order valence-corrected chi connectivity index (χ3v) is 6.17. The molecule has 0 bridgehead atoms. The van der Waals surface area contributed by atoms with Crippen LogP contribution in [0.1, 0.15) is 11.1 Å². The van der Waals surface area contributed by atoms with Crippen molar-refractivity contribution < 1.29 is 9.46 Å². The second-order valence-electron chi connectivity index (χ2n) is 6.31.